The third-order valence-electron chi connectivity index (χ3n) is 4.19. The Labute approximate surface area is 147 Å². The highest BCUT2D eigenvalue weighted by molar-refractivity contribution is 5.85. The number of nitrogens with one attached hydrogen (secondary N) is 1. The van der Waals surface area contributed by atoms with Crippen LogP contribution < -0.4 is 5.32 Å². The molecule has 0 saturated carbocycles. The molecule has 1 fully saturated rings. The van der Waals surface area contributed by atoms with Crippen LogP contribution >= 0.6 is 24.8 Å². The van der Waals surface area contributed by atoms with Crippen molar-refractivity contribution in [3.05, 3.63) is 28.8 Å². The van der Waals surface area contributed by atoms with Crippen LogP contribution in [0.25, 0.3) is 0 Å². The fourth-order valence-electron chi connectivity index (χ4n) is 3.12. The van der Waals surface area contributed by atoms with Gasteiger partial charge in [0.2, 0.25) is 0 Å². The number of rotatable bonds is 4. The third-order valence-corrected chi connectivity index (χ3v) is 4.19. The molecule has 2 rings (SSSR count). The first-order valence-corrected chi connectivity index (χ1v) is 7.74. The van der Waals surface area contributed by atoms with Crippen LogP contribution in [0.4, 0.5) is 0 Å². The van der Waals surface area contributed by atoms with Crippen LogP contribution in [0.1, 0.15) is 43.0 Å². The van der Waals surface area contributed by atoms with E-state index in [0.717, 1.165) is 37.3 Å². The average Bonchev–Trinajstić information content (AvgIpc) is 2.42. The molecule has 1 heterocycles. The lowest BCUT2D eigenvalue weighted by atomic mass is 9.92. The summed E-state index contributed by atoms with van der Waals surface area (Å²) < 4.78 is 0. The second-order valence-electron chi connectivity index (χ2n) is 6.43. The van der Waals surface area contributed by atoms with E-state index in [4.69, 9.17) is 0 Å². The van der Waals surface area contributed by atoms with Crippen molar-refractivity contribution in [3.63, 3.8) is 0 Å². The molecule has 0 aromatic heterocycles. The fourth-order valence-corrected chi connectivity index (χ4v) is 3.12. The van der Waals surface area contributed by atoms with Crippen molar-refractivity contribution >= 4 is 24.8 Å². The topological polar surface area (TPSA) is 35.5 Å². The van der Waals surface area contributed by atoms with E-state index in [0.29, 0.717) is 17.7 Å². The molecule has 0 unspecified atom stereocenters. The van der Waals surface area contributed by atoms with Gasteiger partial charge in [-0.2, -0.15) is 0 Å². The SMILES string of the molecule is Cc1cc([C@H](CC(C)C)N2CCNCC2)cc(C)c1O.Cl.Cl. The van der Waals surface area contributed by atoms with Crippen LogP contribution in [0, 0.1) is 19.8 Å². The van der Waals surface area contributed by atoms with Crippen LogP contribution in [0.5, 0.6) is 5.75 Å². The normalized spacial score (nSPS) is 16.8. The fraction of sp³-hybridized carbons (Fsp3) is 0.647. The van der Waals surface area contributed by atoms with Crippen molar-refractivity contribution in [2.24, 2.45) is 5.92 Å². The average molecular weight is 349 g/mol. The zero-order valence-electron chi connectivity index (χ0n) is 14.1. The molecule has 0 aliphatic carbocycles. The van der Waals surface area contributed by atoms with Crippen LogP contribution in [-0.2, 0) is 0 Å². The Balaban J connectivity index is 0.00000220. The van der Waals surface area contributed by atoms with E-state index in [1.54, 1.807) is 0 Å². The Kier molecular flexibility index (Phi) is 9.40. The number of hydrogen-bond donors (Lipinski definition) is 2. The van der Waals surface area contributed by atoms with Crippen molar-refractivity contribution in [2.45, 2.75) is 40.2 Å². The number of halogens is 2. The van der Waals surface area contributed by atoms with Crippen molar-refractivity contribution in [1.29, 1.82) is 0 Å². The highest BCUT2D eigenvalue weighted by atomic mass is 35.5. The number of hydrogen-bond acceptors (Lipinski definition) is 3. The summed E-state index contributed by atoms with van der Waals surface area (Å²) in [5.41, 5.74) is 3.33. The first-order chi connectivity index (χ1) is 9.49. The lowest BCUT2D eigenvalue weighted by Gasteiger charge is -2.36. The van der Waals surface area contributed by atoms with Gasteiger partial charge >= 0.3 is 0 Å². The molecule has 0 bridgehead atoms. The van der Waals surface area contributed by atoms with Crippen LogP contribution in [0.2, 0.25) is 0 Å². The highest BCUT2D eigenvalue weighted by Crippen LogP contribution is 2.32. The minimum absolute atomic E-state index is 0. The maximum Gasteiger partial charge on any atom is 0.121 e. The molecule has 3 nitrogen and oxygen atoms in total. The van der Waals surface area contributed by atoms with Gasteiger partial charge in [-0.25, -0.2) is 0 Å². The Morgan fingerprint density at radius 3 is 2.05 bits per heavy atom. The monoisotopic (exact) mass is 348 g/mol. The van der Waals surface area contributed by atoms with E-state index in [2.05, 4.69) is 36.2 Å². The predicted molar refractivity (Wildman–Crippen MR) is 98.7 cm³/mol. The van der Waals surface area contributed by atoms with Crippen molar-refractivity contribution in [1.82, 2.24) is 10.2 Å². The smallest absolute Gasteiger partial charge is 0.121 e. The third kappa shape index (κ3) is 5.31. The number of phenolic OH excluding ortho intramolecular Hbond substituents is 1. The molecule has 1 atom stereocenters. The van der Waals surface area contributed by atoms with E-state index in [1.807, 2.05) is 13.8 Å². The molecular formula is C17H30Cl2N2O. The maximum atomic E-state index is 9.98. The summed E-state index contributed by atoms with van der Waals surface area (Å²) in [5.74, 6) is 1.11. The van der Waals surface area contributed by atoms with Gasteiger partial charge in [0.25, 0.3) is 0 Å². The Morgan fingerprint density at radius 1 is 1.09 bits per heavy atom. The summed E-state index contributed by atoms with van der Waals surface area (Å²) in [4.78, 5) is 2.59. The van der Waals surface area contributed by atoms with E-state index >= 15 is 0 Å². The number of aryl methyl sites for hydroxylation is 2. The first-order valence-electron chi connectivity index (χ1n) is 7.74. The van der Waals surface area contributed by atoms with Crippen molar-refractivity contribution in [3.8, 4) is 5.75 Å². The minimum Gasteiger partial charge on any atom is -0.507 e. The summed E-state index contributed by atoms with van der Waals surface area (Å²) in [6, 6.07) is 4.80. The van der Waals surface area contributed by atoms with Gasteiger partial charge in [0.1, 0.15) is 5.75 Å². The molecule has 1 aliphatic rings. The molecule has 22 heavy (non-hydrogen) atoms. The van der Waals surface area contributed by atoms with E-state index in [-0.39, 0.29) is 24.8 Å². The number of phenols is 1. The van der Waals surface area contributed by atoms with E-state index in [9.17, 15) is 5.11 Å². The molecule has 0 radical (unpaired) electrons. The molecule has 2 N–H and O–H groups in total. The second-order valence-corrected chi connectivity index (χ2v) is 6.43. The lowest BCUT2D eigenvalue weighted by Crippen LogP contribution is -2.45. The molecule has 1 aromatic rings. The predicted octanol–water partition coefficient (Wildman–Crippen LogP) is 3.85. The molecular weight excluding hydrogens is 319 g/mol. The Hall–Kier alpha value is -0.480. The standard InChI is InChI=1S/C17H28N2O.2ClH/c1-12(2)9-16(19-7-5-18-6-8-19)15-10-13(3)17(20)14(4)11-15;;/h10-12,16,18,20H,5-9H2,1-4H3;2*1H/t16-;;/m0../s1. The van der Waals surface area contributed by atoms with Gasteiger partial charge in [0.15, 0.2) is 0 Å². The van der Waals surface area contributed by atoms with Gasteiger partial charge in [-0.15, -0.1) is 24.8 Å². The van der Waals surface area contributed by atoms with Gasteiger partial charge in [0, 0.05) is 32.2 Å². The van der Waals surface area contributed by atoms with Gasteiger partial charge in [-0.3, -0.25) is 4.90 Å². The minimum atomic E-state index is 0. The molecule has 0 spiro atoms. The number of benzene rings is 1. The number of nitrogens with zero attached hydrogens (tertiary/aromatic N) is 1. The lowest BCUT2D eigenvalue weighted by molar-refractivity contribution is 0.154. The molecule has 5 heteroatoms. The van der Waals surface area contributed by atoms with Crippen LogP contribution in [0.3, 0.4) is 0 Å². The first kappa shape index (κ1) is 21.5. The summed E-state index contributed by atoms with van der Waals surface area (Å²) in [6.45, 7) is 12.9. The van der Waals surface area contributed by atoms with Gasteiger partial charge in [-0.05, 0) is 42.9 Å². The summed E-state index contributed by atoms with van der Waals surface area (Å²) in [5, 5.41) is 13.4. The largest absolute Gasteiger partial charge is 0.507 e. The van der Waals surface area contributed by atoms with Crippen molar-refractivity contribution in [2.75, 3.05) is 26.2 Å². The molecule has 1 aromatic carbocycles. The summed E-state index contributed by atoms with van der Waals surface area (Å²) >= 11 is 0. The summed E-state index contributed by atoms with van der Waals surface area (Å²) in [6.07, 6.45) is 1.17. The zero-order valence-corrected chi connectivity index (χ0v) is 15.7. The van der Waals surface area contributed by atoms with Gasteiger partial charge in [0.05, 0.1) is 0 Å². The Morgan fingerprint density at radius 2 is 1.59 bits per heavy atom. The van der Waals surface area contributed by atoms with E-state index in [1.165, 1.54) is 12.0 Å². The molecule has 1 aliphatic heterocycles. The van der Waals surface area contributed by atoms with E-state index < -0.39 is 0 Å². The van der Waals surface area contributed by atoms with Gasteiger partial charge < -0.3 is 10.4 Å². The molecule has 0 amide bonds. The quantitative estimate of drug-likeness (QED) is 0.867. The zero-order chi connectivity index (χ0) is 14.7. The summed E-state index contributed by atoms with van der Waals surface area (Å²) in [7, 11) is 0. The molecule has 128 valence electrons. The van der Waals surface area contributed by atoms with Gasteiger partial charge in [-0.1, -0.05) is 26.0 Å². The van der Waals surface area contributed by atoms with Crippen LogP contribution in [0.15, 0.2) is 12.1 Å². The number of piperazine rings is 1. The Bertz CT molecular complexity index is 437. The van der Waals surface area contributed by atoms with Crippen LogP contribution in [-0.4, -0.2) is 36.2 Å². The van der Waals surface area contributed by atoms with Crippen molar-refractivity contribution < 1.29 is 5.11 Å². The number of aromatic hydroxyl groups is 1. The molecule has 1 saturated heterocycles. The maximum absolute atomic E-state index is 9.98. The highest BCUT2D eigenvalue weighted by Gasteiger charge is 2.23. The second kappa shape index (κ2) is 9.61.